The molecule has 1 amide bonds. The van der Waals surface area contributed by atoms with Gasteiger partial charge in [0.15, 0.2) is 11.5 Å². The van der Waals surface area contributed by atoms with Gasteiger partial charge in [0.05, 0.1) is 0 Å². The minimum Gasteiger partial charge on any atom is -0.504 e. The molecule has 21 heavy (non-hydrogen) atoms. The third kappa shape index (κ3) is 2.70. The average molecular weight is 283 g/mol. The van der Waals surface area contributed by atoms with E-state index >= 15 is 0 Å². The Balaban J connectivity index is 1.86. The molecule has 1 heterocycles. The van der Waals surface area contributed by atoms with Crippen LogP contribution >= 0.6 is 0 Å². The van der Waals surface area contributed by atoms with Crippen molar-refractivity contribution in [2.45, 2.75) is 19.4 Å². The van der Waals surface area contributed by atoms with Crippen LogP contribution < -0.4 is 0 Å². The summed E-state index contributed by atoms with van der Waals surface area (Å²) in [6.07, 6.45) is 1.90. The highest BCUT2D eigenvalue weighted by Gasteiger charge is 2.20. The summed E-state index contributed by atoms with van der Waals surface area (Å²) in [5.74, 6) is -0.606. The first-order valence-electron chi connectivity index (χ1n) is 7.03. The highest BCUT2D eigenvalue weighted by Crippen LogP contribution is 2.26. The molecular formula is C17H17NO3. The number of phenols is 2. The normalized spacial score (nSPS) is 14.4. The molecule has 4 heteroatoms. The summed E-state index contributed by atoms with van der Waals surface area (Å²) in [4.78, 5) is 14.3. The molecule has 0 bridgehead atoms. The molecular weight excluding hydrogens is 266 g/mol. The molecule has 3 rings (SSSR count). The van der Waals surface area contributed by atoms with Crippen LogP contribution in [0.2, 0.25) is 0 Å². The van der Waals surface area contributed by atoms with E-state index < -0.39 is 0 Å². The largest absolute Gasteiger partial charge is 0.504 e. The molecule has 0 aromatic heterocycles. The molecule has 0 fully saturated rings. The van der Waals surface area contributed by atoms with Crippen LogP contribution in [0.3, 0.4) is 0 Å². The van der Waals surface area contributed by atoms with Crippen molar-refractivity contribution in [1.82, 2.24) is 4.90 Å². The zero-order chi connectivity index (χ0) is 14.8. The van der Waals surface area contributed by atoms with Gasteiger partial charge in [-0.15, -0.1) is 0 Å². The number of hydrogen-bond donors (Lipinski definition) is 2. The summed E-state index contributed by atoms with van der Waals surface area (Å²) >= 11 is 0. The van der Waals surface area contributed by atoms with E-state index in [0.717, 1.165) is 12.8 Å². The van der Waals surface area contributed by atoms with Crippen LogP contribution in [-0.2, 0) is 13.0 Å². The van der Waals surface area contributed by atoms with Crippen LogP contribution in [0.4, 0.5) is 0 Å². The maximum atomic E-state index is 12.6. The molecule has 1 aliphatic heterocycles. The molecule has 0 spiro atoms. The summed E-state index contributed by atoms with van der Waals surface area (Å²) in [5.41, 5.74) is 2.86. The fourth-order valence-corrected chi connectivity index (χ4v) is 2.71. The fourth-order valence-electron chi connectivity index (χ4n) is 2.71. The van der Waals surface area contributed by atoms with E-state index in [1.165, 1.54) is 29.3 Å². The minimum atomic E-state index is -0.268. The Hall–Kier alpha value is -2.49. The molecule has 0 saturated heterocycles. The van der Waals surface area contributed by atoms with Crippen molar-refractivity contribution in [2.24, 2.45) is 0 Å². The van der Waals surface area contributed by atoms with Gasteiger partial charge in [-0.1, -0.05) is 24.3 Å². The first-order chi connectivity index (χ1) is 10.1. The third-order valence-corrected chi connectivity index (χ3v) is 3.86. The molecule has 4 nitrogen and oxygen atoms in total. The van der Waals surface area contributed by atoms with E-state index in [0.29, 0.717) is 18.7 Å². The highest BCUT2D eigenvalue weighted by atomic mass is 16.3. The molecule has 0 aliphatic carbocycles. The van der Waals surface area contributed by atoms with Crippen LogP contribution in [0.15, 0.2) is 42.5 Å². The zero-order valence-corrected chi connectivity index (χ0v) is 11.6. The SMILES string of the molecule is O=C(c1ccc(O)c(O)c1)N1CCCc2ccccc2C1. The van der Waals surface area contributed by atoms with Gasteiger partial charge in [0.25, 0.3) is 5.91 Å². The van der Waals surface area contributed by atoms with Gasteiger partial charge in [0.2, 0.25) is 0 Å². The Morgan fingerprint density at radius 3 is 2.52 bits per heavy atom. The number of benzene rings is 2. The Labute approximate surface area is 123 Å². The number of hydrogen-bond acceptors (Lipinski definition) is 3. The highest BCUT2D eigenvalue weighted by molar-refractivity contribution is 5.95. The van der Waals surface area contributed by atoms with Crippen molar-refractivity contribution in [3.8, 4) is 11.5 Å². The second-order valence-electron chi connectivity index (χ2n) is 5.30. The Morgan fingerprint density at radius 2 is 1.76 bits per heavy atom. The summed E-state index contributed by atoms with van der Waals surface area (Å²) in [6.45, 7) is 1.27. The second kappa shape index (κ2) is 5.48. The van der Waals surface area contributed by atoms with Crippen LogP contribution in [0.5, 0.6) is 11.5 Å². The quantitative estimate of drug-likeness (QED) is 0.791. The molecule has 108 valence electrons. The first kappa shape index (κ1) is 13.5. The molecule has 2 aromatic rings. The maximum Gasteiger partial charge on any atom is 0.254 e. The number of aromatic hydroxyl groups is 2. The summed E-state index contributed by atoms with van der Waals surface area (Å²) in [7, 11) is 0. The third-order valence-electron chi connectivity index (χ3n) is 3.86. The molecule has 0 saturated carbocycles. The van der Waals surface area contributed by atoms with Crippen LogP contribution in [0.1, 0.15) is 27.9 Å². The van der Waals surface area contributed by atoms with Crippen molar-refractivity contribution in [3.63, 3.8) is 0 Å². The van der Waals surface area contributed by atoms with Gasteiger partial charge in [-0.25, -0.2) is 0 Å². The van der Waals surface area contributed by atoms with Crippen molar-refractivity contribution in [1.29, 1.82) is 0 Å². The number of amides is 1. The van der Waals surface area contributed by atoms with E-state index in [1.807, 2.05) is 12.1 Å². The molecule has 0 radical (unpaired) electrons. The summed E-state index contributed by atoms with van der Waals surface area (Å²) < 4.78 is 0. The summed E-state index contributed by atoms with van der Waals surface area (Å²) in [6, 6.07) is 12.4. The number of aryl methyl sites for hydroxylation is 1. The smallest absolute Gasteiger partial charge is 0.254 e. The Kier molecular flexibility index (Phi) is 3.52. The number of rotatable bonds is 1. The monoisotopic (exact) mass is 283 g/mol. The van der Waals surface area contributed by atoms with Crippen LogP contribution in [0, 0.1) is 0 Å². The van der Waals surface area contributed by atoms with Crippen molar-refractivity contribution < 1.29 is 15.0 Å². The molecule has 0 atom stereocenters. The topological polar surface area (TPSA) is 60.8 Å². The van der Waals surface area contributed by atoms with E-state index in [9.17, 15) is 15.0 Å². The predicted octanol–water partition coefficient (Wildman–Crippen LogP) is 2.69. The van der Waals surface area contributed by atoms with E-state index in [-0.39, 0.29) is 17.4 Å². The number of carbonyl (C=O) groups is 1. The number of carbonyl (C=O) groups excluding carboxylic acids is 1. The van der Waals surface area contributed by atoms with Crippen molar-refractivity contribution in [2.75, 3.05) is 6.54 Å². The van der Waals surface area contributed by atoms with E-state index in [1.54, 1.807) is 4.90 Å². The zero-order valence-electron chi connectivity index (χ0n) is 11.6. The number of nitrogens with zero attached hydrogens (tertiary/aromatic N) is 1. The molecule has 0 unspecified atom stereocenters. The van der Waals surface area contributed by atoms with Gasteiger partial charge in [0.1, 0.15) is 0 Å². The molecule has 1 aliphatic rings. The second-order valence-corrected chi connectivity index (χ2v) is 5.30. The molecule has 2 N–H and O–H groups in total. The number of phenolic OH excluding ortho intramolecular Hbond substituents is 2. The van der Waals surface area contributed by atoms with Crippen molar-refractivity contribution >= 4 is 5.91 Å². The van der Waals surface area contributed by atoms with Gasteiger partial charge in [-0.3, -0.25) is 4.79 Å². The lowest BCUT2D eigenvalue weighted by atomic mass is 10.0. The lowest BCUT2D eigenvalue weighted by molar-refractivity contribution is 0.0745. The summed E-state index contributed by atoms with van der Waals surface area (Å²) in [5, 5.41) is 18.9. The lowest BCUT2D eigenvalue weighted by Gasteiger charge is -2.21. The van der Waals surface area contributed by atoms with E-state index in [4.69, 9.17) is 0 Å². The van der Waals surface area contributed by atoms with Crippen LogP contribution in [0.25, 0.3) is 0 Å². The Morgan fingerprint density at radius 1 is 1.00 bits per heavy atom. The maximum absolute atomic E-state index is 12.6. The minimum absolute atomic E-state index is 0.123. The van der Waals surface area contributed by atoms with Gasteiger partial charge < -0.3 is 15.1 Å². The van der Waals surface area contributed by atoms with E-state index in [2.05, 4.69) is 12.1 Å². The van der Waals surface area contributed by atoms with Gasteiger partial charge >= 0.3 is 0 Å². The first-order valence-corrected chi connectivity index (χ1v) is 7.03. The lowest BCUT2D eigenvalue weighted by Crippen LogP contribution is -2.30. The molecule has 2 aromatic carbocycles. The number of fused-ring (bicyclic) bond motifs is 1. The van der Waals surface area contributed by atoms with Crippen LogP contribution in [-0.4, -0.2) is 27.6 Å². The van der Waals surface area contributed by atoms with Gasteiger partial charge in [-0.05, 0) is 42.2 Å². The van der Waals surface area contributed by atoms with Gasteiger partial charge in [-0.2, -0.15) is 0 Å². The fraction of sp³-hybridized carbons (Fsp3) is 0.235. The Bertz CT molecular complexity index is 681. The van der Waals surface area contributed by atoms with Gasteiger partial charge in [0, 0.05) is 18.7 Å². The van der Waals surface area contributed by atoms with Crippen molar-refractivity contribution in [3.05, 3.63) is 59.2 Å². The average Bonchev–Trinajstić information content (AvgIpc) is 2.71. The standard InChI is InChI=1S/C17H17NO3/c19-15-8-7-13(10-16(15)20)17(21)18-9-3-6-12-4-1-2-5-14(12)11-18/h1-2,4-5,7-8,10,19-20H,3,6,9,11H2. The predicted molar refractivity (Wildman–Crippen MR) is 79.3 cm³/mol.